The van der Waals surface area contributed by atoms with Crippen molar-refractivity contribution in [2.75, 3.05) is 0 Å². The maximum atomic E-state index is 9.60. The van der Waals surface area contributed by atoms with E-state index in [4.69, 9.17) is 24.5 Å². The average Bonchev–Trinajstić information content (AvgIpc) is 2.01. The molecule has 0 aliphatic carbocycles. The van der Waals surface area contributed by atoms with Crippen molar-refractivity contribution in [3.05, 3.63) is 24.3 Å². The molecule has 0 aromatic heterocycles. The fourth-order valence-electron chi connectivity index (χ4n) is 0. The van der Waals surface area contributed by atoms with Gasteiger partial charge in [0.25, 0.3) is 0 Å². The maximum absolute atomic E-state index is 9.60. The number of carboxylic acid groups (broad SMARTS) is 2. The summed E-state index contributed by atoms with van der Waals surface area (Å²) in [6.45, 7) is 9.20. The molecule has 0 saturated heterocycles. The number of hydrogen-bond acceptors (Lipinski definition) is 4. The van der Waals surface area contributed by atoms with Gasteiger partial charge in [-0.3, -0.25) is 0 Å². The van der Waals surface area contributed by atoms with Crippen LogP contribution < -0.4 is 0 Å². The van der Waals surface area contributed by atoms with E-state index in [0.717, 1.165) is 0 Å². The van der Waals surface area contributed by atoms with E-state index in [1.807, 2.05) is 0 Å². The van der Waals surface area contributed by atoms with Crippen LogP contribution in [0.5, 0.6) is 0 Å². The molecule has 0 aliphatic rings. The number of hydrogen-bond donors (Lipinski definition) is 4. The first-order valence-electron chi connectivity index (χ1n) is 3.76. The van der Waals surface area contributed by atoms with Gasteiger partial charge < -0.3 is 10.2 Å². The molecule has 4 N–H and O–H groups in total. The van der Waals surface area contributed by atoms with Gasteiger partial charge >= 0.3 is 43.0 Å². The molecule has 0 bridgehead atoms. The molecule has 0 radical (unpaired) electrons. The first-order valence-corrected chi connectivity index (χ1v) is 7.19. The second-order valence-electron chi connectivity index (χ2n) is 2.62. The minimum atomic E-state index is -5.52. The Morgan fingerprint density at radius 2 is 0.944 bits per heavy atom. The minimum absolute atomic E-state index is 0. The Bertz CT molecular complexity index is 341. The molecule has 0 saturated carbocycles. The van der Waals surface area contributed by atoms with E-state index in [9.17, 15) is 9.59 Å². The quantitative estimate of drug-likeness (QED) is 0.345. The number of carbonyl (C=O) groups is 2. The Kier molecular flexibility index (Phi) is 18.4. The van der Waals surface area contributed by atoms with Gasteiger partial charge in [0.1, 0.15) is 0 Å². The van der Waals surface area contributed by atoms with Crippen molar-refractivity contribution >= 4 is 11.9 Å². The van der Waals surface area contributed by atoms with Crippen LogP contribution in [0, 0.1) is 0 Å². The van der Waals surface area contributed by atoms with E-state index in [-0.39, 0.29) is 31.6 Å². The molecule has 0 aromatic rings. The van der Waals surface area contributed by atoms with Crippen molar-refractivity contribution < 1.29 is 71.3 Å². The third kappa shape index (κ3) is 58.7. The van der Waals surface area contributed by atoms with Crippen molar-refractivity contribution in [3.8, 4) is 0 Å². The minimum Gasteiger partial charge on any atom is 0 e. The van der Waals surface area contributed by atoms with Crippen LogP contribution in [0.2, 0.25) is 0 Å². The summed E-state index contributed by atoms with van der Waals surface area (Å²) in [5.41, 5.74) is 0.352. The molecule has 0 aliphatic heterocycles. The van der Waals surface area contributed by atoms with Gasteiger partial charge in [-0.1, -0.05) is 13.2 Å². The Balaban J connectivity index is -0.0000000799. The SMILES string of the molecule is C=C(C)C(=O)O.C=C(C)C(=O)O.[O]=[Mo](=[O])([OH])[OH].[Pd]. The van der Waals surface area contributed by atoms with Gasteiger partial charge in [-0.25, -0.2) is 9.59 Å². The maximum Gasteiger partial charge on any atom is 0 e. The van der Waals surface area contributed by atoms with Gasteiger partial charge in [0, 0.05) is 31.6 Å². The third-order valence-corrected chi connectivity index (χ3v) is 0.730. The molecule has 18 heavy (non-hydrogen) atoms. The summed E-state index contributed by atoms with van der Waals surface area (Å²) in [6, 6.07) is 0. The Morgan fingerprint density at radius 3 is 0.944 bits per heavy atom. The first kappa shape index (κ1) is 26.0. The van der Waals surface area contributed by atoms with Crippen molar-refractivity contribution in [3.63, 3.8) is 0 Å². The van der Waals surface area contributed by atoms with Crippen molar-refractivity contribution in [1.82, 2.24) is 0 Å². The van der Waals surface area contributed by atoms with Gasteiger partial charge in [-0.05, 0) is 13.8 Å². The number of aliphatic carboxylic acids is 2. The van der Waals surface area contributed by atoms with Crippen molar-refractivity contribution in [2.24, 2.45) is 0 Å². The molecule has 0 atom stereocenters. The van der Waals surface area contributed by atoms with E-state index in [1.165, 1.54) is 13.8 Å². The molecule has 0 fully saturated rings. The predicted octanol–water partition coefficient (Wildman–Crippen LogP) is -0.0624. The smallest absolute Gasteiger partial charge is 0 e. The van der Waals surface area contributed by atoms with E-state index >= 15 is 0 Å². The van der Waals surface area contributed by atoms with Crippen LogP contribution in [-0.2, 0) is 53.6 Å². The van der Waals surface area contributed by atoms with Crippen LogP contribution in [-0.4, -0.2) is 29.7 Å². The summed E-state index contributed by atoms with van der Waals surface area (Å²) in [4.78, 5) is 19.2. The molecular formula is C8H14MoO8Pd. The standard InChI is InChI=1S/2C4H6O2.Mo.2H2O.2O.Pd/c2*1-3(2)4(5)6;;;;;;/h2*1H2,2H3,(H,5,6);;2*1H2;;;/q;;+2;;;;;/p-2. The summed E-state index contributed by atoms with van der Waals surface area (Å²) in [5, 5.41) is 15.8. The second kappa shape index (κ2) is 12.7. The first-order chi connectivity index (χ1) is 7.29. The zero-order valence-electron chi connectivity index (χ0n) is 9.56. The summed E-state index contributed by atoms with van der Waals surface area (Å²) in [7, 11) is 0. The van der Waals surface area contributed by atoms with Crippen LogP contribution in [0.4, 0.5) is 0 Å². The summed E-state index contributed by atoms with van der Waals surface area (Å²) in [6.07, 6.45) is 0. The summed E-state index contributed by atoms with van der Waals surface area (Å²) in [5.74, 6) is -1.87. The molecule has 0 spiro atoms. The summed E-state index contributed by atoms with van der Waals surface area (Å²) >= 11 is -5.52. The van der Waals surface area contributed by atoms with E-state index in [2.05, 4.69) is 13.2 Å². The van der Waals surface area contributed by atoms with Crippen LogP contribution in [0.1, 0.15) is 13.8 Å². The molecular weight excluding hydrogens is 426 g/mol. The molecule has 0 aromatic carbocycles. The molecule has 110 valence electrons. The van der Waals surface area contributed by atoms with Gasteiger partial charge in [0.15, 0.2) is 0 Å². The topological polar surface area (TPSA) is 149 Å². The van der Waals surface area contributed by atoms with Gasteiger partial charge in [0.2, 0.25) is 0 Å². The molecule has 10 heteroatoms. The fraction of sp³-hybridized carbons (Fsp3) is 0.250. The van der Waals surface area contributed by atoms with E-state index in [1.54, 1.807) is 0 Å². The Labute approximate surface area is 121 Å². The monoisotopic (exact) mass is 442 g/mol. The van der Waals surface area contributed by atoms with Crippen LogP contribution >= 0.6 is 0 Å². The Hall–Kier alpha value is -0.709. The number of rotatable bonds is 2. The van der Waals surface area contributed by atoms with Crippen molar-refractivity contribution in [2.45, 2.75) is 13.8 Å². The molecule has 0 heterocycles. The summed E-state index contributed by atoms with van der Waals surface area (Å²) < 4.78 is 32.0. The second-order valence-corrected chi connectivity index (χ2v) is 4.82. The van der Waals surface area contributed by atoms with Crippen LogP contribution in [0.25, 0.3) is 0 Å². The predicted molar refractivity (Wildman–Crippen MR) is 50.7 cm³/mol. The zero-order valence-corrected chi connectivity index (χ0v) is 13.1. The average molecular weight is 441 g/mol. The molecule has 8 nitrogen and oxygen atoms in total. The fourth-order valence-corrected chi connectivity index (χ4v) is 0. The largest absolute Gasteiger partial charge is 0 e. The normalized spacial score (nSPS) is 8.22. The van der Waals surface area contributed by atoms with Crippen LogP contribution in [0.15, 0.2) is 24.3 Å². The van der Waals surface area contributed by atoms with E-state index < -0.39 is 28.7 Å². The van der Waals surface area contributed by atoms with Crippen molar-refractivity contribution in [1.29, 1.82) is 0 Å². The molecule has 0 unspecified atom stereocenters. The zero-order chi connectivity index (χ0) is 14.8. The molecule has 0 rings (SSSR count). The Morgan fingerprint density at radius 1 is 0.889 bits per heavy atom. The van der Waals surface area contributed by atoms with E-state index in [0.29, 0.717) is 0 Å². The van der Waals surface area contributed by atoms with Crippen LogP contribution in [0.3, 0.4) is 0 Å². The third-order valence-electron chi connectivity index (χ3n) is 0.730. The van der Waals surface area contributed by atoms with Gasteiger partial charge in [0.05, 0.1) is 0 Å². The molecule has 0 amide bonds. The number of carboxylic acids is 2. The van der Waals surface area contributed by atoms with Gasteiger partial charge in [-0.2, -0.15) is 0 Å². The van der Waals surface area contributed by atoms with Gasteiger partial charge in [-0.15, -0.1) is 0 Å².